The van der Waals surface area contributed by atoms with Gasteiger partial charge in [0.2, 0.25) is 11.8 Å². The number of ether oxygens (including phenoxy) is 1. The Labute approximate surface area is 114 Å². The first-order valence-electron chi connectivity index (χ1n) is 5.35. The Bertz CT molecular complexity index is 574. The van der Waals surface area contributed by atoms with Gasteiger partial charge in [0.25, 0.3) is 0 Å². The molecular formula is C12H13BrN4O. The summed E-state index contributed by atoms with van der Waals surface area (Å²) >= 11 is 3.44. The summed E-state index contributed by atoms with van der Waals surface area (Å²) in [6.07, 6.45) is 0. The summed E-state index contributed by atoms with van der Waals surface area (Å²) < 4.78 is 6.54. The summed E-state index contributed by atoms with van der Waals surface area (Å²) in [7, 11) is 1.76. The van der Waals surface area contributed by atoms with Crippen LogP contribution in [0.2, 0.25) is 0 Å². The molecule has 0 radical (unpaired) electrons. The number of nitrogens with two attached hydrogens (primary N) is 1. The van der Waals surface area contributed by atoms with Crippen molar-refractivity contribution in [3.05, 3.63) is 34.3 Å². The minimum absolute atomic E-state index is 0.167. The minimum Gasteiger partial charge on any atom is -0.438 e. The fourth-order valence-corrected chi connectivity index (χ4v) is 2.00. The molecule has 0 saturated heterocycles. The number of aromatic nitrogens is 2. The van der Waals surface area contributed by atoms with E-state index < -0.39 is 0 Å². The zero-order chi connectivity index (χ0) is 13.1. The summed E-state index contributed by atoms with van der Waals surface area (Å²) in [5.41, 5.74) is 6.74. The van der Waals surface area contributed by atoms with Crippen LogP contribution in [0, 0.1) is 6.92 Å². The Hall–Kier alpha value is -1.82. The second-order valence-corrected chi connectivity index (χ2v) is 4.59. The van der Waals surface area contributed by atoms with E-state index in [1.165, 1.54) is 0 Å². The fraction of sp³-hybridized carbons (Fsp3) is 0.167. The monoisotopic (exact) mass is 308 g/mol. The smallest absolute Gasteiger partial charge is 0.226 e. The third-order valence-corrected chi connectivity index (χ3v) is 2.90. The van der Waals surface area contributed by atoms with Crippen LogP contribution >= 0.6 is 15.9 Å². The zero-order valence-corrected chi connectivity index (χ0v) is 11.7. The van der Waals surface area contributed by atoms with Crippen molar-refractivity contribution < 1.29 is 4.74 Å². The van der Waals surface area contributed by atoms with Crippen LogP contribution in [0.1, 0.15) is 5.56 Å². The quantitative estimate of drug-likeness (QED) is 0.912. The van der Waals surface area contributed by atoms with E-state index in [4.69, 9.17) is 10.5 Å². The number of anilines is 2. The molecule has 2 aromatic rings. The lowest BCUT2D eigenvalue weighted by Gasteiger charge is -2.09. The number of nitrogen functional groups attached to an aromatic ring is 1. The molecule has 0 amide bonds. The van der Waals surface area contributed by atoms with Gasteiger partial charge in [0.05, 0.1) is 4.47 Å². The van der Waals surface area contributed by atoms with Gasteiger partial charge in [-0.25, -0.2) is 0 Å². The molecule has 0 aliphatic heterocycles. The highest BCUT2D eigenvalue weighted by atomic mass is 79.9. The maximum Gasteiger partial charge on any atom is 0.226 e. The van der Waals surface area contributed by atoms with Crippen molar-refractivity contribution in [3.8, 4) is 11.6 Å². The van der Waals surface area contributed by atoms with Crippen molar-refractivity contribution in [3.63, 3.8) is 0 Å². The third kappa shape index (κ3) is 2.89. The van der Waals surface area contributed by atoms with Crippen molar-refractivity contribution in [2.24, 2.45) is 0 Å². The van der Waals surface area contributed by atoms with Crippen LogP contribution in [0.5, 0.6) is 11.6 Å². The van der Waals surface area contributed by atoms with Gasteiger partial charge < -0.3 is 15.8 Å². The third-order valence-electron chi connectivity index (χ3n) is 2.28. The van der Waals surface area contributed by atoms with Crippen molar-refractivity contribution in [2.45, 2.75) is 6.92 Å². The van der Waals surface area contributed by atoms with Crippen LogP contribution in [0.25, 0.3) is 0 Å². The molecule has 0 atom stereocenters. The molecule has 6 heteroatoms. The van der Waals surface area contributed by atoms with Gasteiger partial charge in [-0.3, -0.25) is 0 Å². The molecule has 0 saturated carbocycles. The molecule has 0 spiro atoms. The molecule has 1 aromatic carbocycles. The predicted molar refractivity (Wildman–Crippen MR) is 74.9 cm³/mol. The molecule has 0 aliphatic rings. The Morgan fingerprint density at radius 1 is 1.28 bits per heavy atom. The molecule has 18 heavy (non-hydrogen) atoms. The molecule has 3 N–H and O–H groups in total. The summed E-state index contributed by atoms with van der Waals surface area (Å²) in [5.74, 6) is 1.86. The Kier molecular flexibility index (Phi) is 3.66. The molecule has 1 heterocycles. The molecule has 1 aromatic heterocycles. The number of nitrogens with zero attached hydrogens (tertiary/aromatic N) is 2. The van der Waals surface area contributed by atoms with E-state index in [2.05, 4.69) is 31.2 Å². The summed E-state index contributed by atoms with van der Waals surface area (Å²) in [5, 5.41) is 2.89. The van der Waals surface area contributed by atoms with Crippen molar-refractivity contribution in [1.82, 2.24) is 9.97 Å². The summed E-state index contributed by atoms with van der Waals surface area (Å²) in [6.45, 7) is 2.01. The first kappa shape index (κ1) is 12.6. The van der Waals surface area contributed by atoms with Crippen LogP contribution in [-0.2, 0) is 0 Å². The molecule has 0 aliphatic carbocycles. The van der Waals surface area contributed by atoms with Gasteiger partial charge in [-0.15, -0.1) is 0 Å². The number of hydrogen-bond acceptors (Lipinski definition) is 5. The number of aryl methyl sites for hydroxylation is 1. The molecule has 0 unspecified atom stereocenters. The minimum atomic E-state index is 0.167. The van der Waals surface area contributed by atoms with Gasteiger partial charge in [0.1, 0.15) is 11.6 Å². The zero-order valence-electron chi connectivity index (χ0n) is 10.1. The van der Waals surface area contributed by atoms with Crippen LogP contribution in [0.4, 0.5) is 11.8 Å². The Balaban J connectivity index is 2.30. The summed E-state index contributed by atoms with van der Waals surface area (Å²) in [4.78, 5) is 8.02. The van der Waals surface area contributed by atoms with E-state index in [-0.39, 0.29) is 5.95 Å². The molecule has 5 nitrogen and oxygen atoms in total. The van der Waals surface area contributed by atoms with E-state index in [0.717, 1.165) is 10.0 Å². The molecule has 94 valence electrons. The first-order valence-corrected chi connectivity index (χ1v) is 6.14. The number of hydrogen-bond donors (Lipinski definition) is 2. The standard InChI is InChI=1S/C12H13BrN4O/c1-7-3-4-9(8(13)5-7)18-11-6-10(15-2)16-12(14)17-11/h3-6H,1-2H3,(H3,14,15,16,17). The van der Waals surface area contributed by atoms with Crippen molar-refractivity contribution in [1.29, 1.82) is 0 Å². The summed E-state index contributed by atoms with van der Waals surface area (Å²) in [6, 6.07) is 7.49. The highest BCUT2D eigenvalue weighted by Crippen LogP contribution is 2.30. The SMILES string of the molecule is CNc1cc(Oc2ccc(C)cc2Br)nc(N)n1. The van der Waals surface area contributed by atoms with Crippen LogP contribution in [0.15, 0.2) is 28.7 Å². The lowest BCUT2D eigenvalue weighted by atomic mass is 10.2. The van der Waals surface area contributed by atoms with Gasteiger partial charge in [0, 0.05) is 13.1 Å². The average molecular weight is 309 g/mol. The van der Waals surface area contributed by atoms with E-state index in [9.17, 15) is 0 Å². The number of halogens is 1. The maximum absolute atomic E-state index is 5.67. The van der Waals surface area contributed by atoms with Gasteiger partial charge in [-0.05, 0) is 40.5 Å². The van der Waals surface area contributed by atoms with Crippen molar-refractivity contribution in [2.75, 3.05) is 18.1 Å². The van der Waals surface area contributed by atoms with E-state index in [0.29, 0.717) is 17.4 Å². The van der Waals surface area contributed by atoms with Gasteiger partial charge in [-0.1, -0.05) is 6.07 Å². The van der Waals surface area contributed by atoms with Crippen molar-refractivity contribution >= 4 is 27.7 Å². The molecule has 0 fully saturated rings. The largest absolute Gasteiger partial charge is 0.438 e. The Morgan fingerprint density at radius 2 is 2.06 bits per heavy atom. The van der Waals surface area contributed by atoms with Gasteiger partial charge in [0.15, 0.2) is 0 Å². The number of nitrogens with one attached hydrogen (secondary N) is 1. The second kappa shape index (κ2) is 5.22. The topological polar surface area (TPSA) is 73.1 Å². The van der Waals surface area contributed by atoms with Crippen LogP contribution < -0.4 is 15.8 Å². The van der Waals surface area contributed by atoms with Crippen LogP contribution in [-0.4, -0.2) is 17.0 Å². The maximum atomic E-state index is 5.67. The first-order chi connectivity index (χ1) is 8.58. The normalized spacial score (nSPS) is 10.2. The number of benzene rings is 1. The highest BCUT2D eigenvalue weighted by molar-refractivity contribution is 9.10. The van der Waals surface area contributed by atoms with Gasteiger partial charge in [-0.2, -0.15) is 9.97 Å². The van der Waals surface area contributed by atoms with E-state index in [1.54, 1.807) is 13.1 Å². The Morgan fingerprint density at radius 3 is 2.72 bits per heavy atom. The lowest BCUT2D eigenvalue weighted by molar-refractivity contribution is 0.460. The van der Waals surface area contributed by atoms with E-state index >= 15 is 0 Å². The lowest BCUT2D eigenvalue weighted by Crippen LogP contribution is -2.01. The average Bonchev–Trinajstić information content (AvgIpc) is 2.32. The molecular weight excluding hydrogens is 296 g/mol. The fourth-order valence-electron chi connectivity index (χ4n) is 1.42. The second-order valence-electron chi connectivity index (χ2n) is 3.74. The number of rotatable bonds is 3. The van der Waals surface area contributed by atoms with Gasteiger partial charge >= 0.3 is 0 Å². The molecule has 0 bridgehead atoms. The molecule has 2 rings (SSSR count). The van der Waals surface area contributed by atoms with E-state index in [1.807, 2.05) is 25.1 Å². The predicted octanol–water partition coefficient (Wildman–Crippen LogP) is 2.96. The van der Waals surface area contributed by atoms with Crippen LogP contribution in [0.3, 0.4) is 0 Å². The highest BCUT2D eigenvalue weighted by Gasteiger charge is 2.06.